The Hall–Kier alpha value is -1.73. The molecule has 0 saturated heterocycles. The summed E-state index contributed by atoms with van der Waals surface area (Å²) in [6.45, 7) is 2.44. The summed E-state index contributed by atoms with van der Waals surface area (Å²) in [5.41, 5.74) is 0. The second kappa shape index (κ2) is 9.25. The maximum absolute atomic E-state index is 11.8. The Morgan fingerprint density at radius 2 is 1.76 bits per heavy atom. The van der Waals surface area contributed by atoms with Crippen LogP contribution in [0.2, 0.25) is 0 Å². The Kier molecular flexibility index (Phi) is 8.49. The lowest BCUT2D eigenvalue weighted by Gasteiger charge is -2.19. The van der Waals surface area contributed by atoms with Gasteiger partial charge < -0.3 is 24.8 Å². The topological polar surface area (TPSA) is 139 Å². The lowest BCUT2D eigenvalue weighted by molar-refractivity contribution is -0.163. The summed E-state index contributed by atoms with van der Waals surface area (Å²) < 4.78 is 9.05. The monoisotopic (exact) mass is 323 g/mol. The van der Waals surface area contributed by atoms with Crippen molar-refractivity contribution in [3.8, 4) is 0 Å². The van der Waals surface area contributed by atoms with Gasteiger partial charge in [0.15, 0.2) is 6.10 Å². The predicted octanol–water partition coefficient (Wildman–Crippen LogP) is -1.02. The van der Waals surface area contributed by atoms with Gasteiger partial charge in [-0.25, -0.2) is 9.59 Å². The van der Waals surface area contributed by atoms with E-state index in [1.165, 1.54) is 13.8 Å². The van der Waals surface area contributed by atoms with Crippen molar-refractivity contribution in [2.24, 2.45) is 0 Å². The largest absolute Gasteiger partial charge is 0.481 e. The molecule has 0 aromatic carbocycles. The van der Waals surface area contributed by atoms with Gasteiger partial charge in [-0.15, -0.1) is 0 Å². The molecule has 0 aromatic rings. The smallest absolute Gasteiger partial charge is 0.349 e. The maximum Gasteiger partial charge on any atom is 0.349 e. The Bertz CT molecular complexity index is 411. The van der Waals surface area contributed by atoms with Crippen molar-refractivity contribution in [1.29, 1.82) is 0 Å². The fourth-order valence-electron chi connectivity index (χ4n) is 1.21. The summed E-state index contributed by atoms with van der Waals surface area (Å²) in [4.78, 5) is 44.8. The minimum atomic E-state index is -1.38. The molecule has 0 aromatic heterocycles. The third-order valence-corrected chi connectivity index (χ3v) is 2.60. The van der Waals surface area contributed by atoms with Gasteiger partial charge in [-0.05, 0) is 20.3 Å². The van der Waals surface area contributed by atoms with Crippen LogP contribution < -0.4 is 5.32 Å². The molecule has 10 heteroatoms. The first-order valence-corrected chi connectivity index (χ1v) is 6.47. The summed E-state index contributed by atoms with van der Waals surface area (Å²) in [5, 5.41) is 19.8. The van der Waals surface area contributed by atoms with Crippen LogP contribution in [0, 0.1) is 0 Å². The molecule has 0 fully saturated rings. The zero-order valence-electron chi connectivity index (χ0n) is 11.6. The number of esters is 1. The zero-order chi connectivity index (χ0) is 16.6. The van der Waals surface area contributed by atoms with Crippen molar-refractivity contribution in [1.82, 2.24) is 5.32 Å². The van der Waals surface area contributed by atoms with Crippen molar-refractivity contribution in [3.05, 3.63) is 0 Å². The quantitative estimate of drug-likeness (QED) is 0.381. The van der Waals surface area contributed by atoms with Crippen LogP contribution in [0.4, 0.5) is 0 Å². The molecular weight excluding hydrogens is 305 g/mol. The van der Waals surface area contributed by atoms with E-state index in [0.717, 1.165) is 0 Å². The van der Waals surface area contributed by atoms with E-state index >= 15 is 0 Å². The summed E-state index contributed by atoms with van der Waals surface area (Å²) in [5.74, 6) is -3.85. The number of hydrogen-bond acceptors (Lipinski definition) is 7. The second-order valence-corrected chi connectivity index (χ2v) is 4.42. The number of hydrogen-bond donors (Lipinski definition) is 3. The van der Waals surface area contributed by atoms with Crippen LogP contribution in [0.25, 0.3) is 0 Å². The molecule has 0 bridgehead atoms. The molecule has 0 heterocycles. The number of carbonyl (C=O) groups is 4. The van der Waals surface area contributed by atoms with Crippen LogP contribution in [0.15, 0.2) is 0 Å². The number of carbonyl (C=O) groups excluding carboxylic acids is 3. The lowest BCUT2D eigenvalue weighted by atomic mass is 10.1. The average Bonchev–Trinajstić information content (AvgIpc) is 2.41. The number of aliphatic hydroxyl groups is 1. The van der Waals surface area contributed by atoms with Crippen LogP contribution >= 0.6 is 9.47 Å². The van der Waals surface area contributed by atoms with E-state index in [-0.39, 0.29) is 6.42 Å². The number of nitrogens with one attached hydrogen (secondary N) is 1. The van der Waals surface area contributed by atoms with Crippen molar-refractivity contribution in [3.63, 3.8) is 0 Å². The highest BCUT2D eigenvalue weighted by Gasteiger charge is 2.28. The first-order chi connectivity index (χ1) is 9.68. The normalized spacial score (nSPS) is 14.5. The van der Waals surface area contributed by atoms with Crippen LogP contribution in [-0.4, -0.2) is 52.3 Å². The first kappa shape index (κ1) is 19.3. The molecule has 0 rings (SSSR count). The number of carboxylic acids is 1. The fraction of sp³-hybridized carbons (Fsp3) is 0.636. The zero-order valence-corrected chi connectivity index (χ0v) is 12.7. The number of aliphatic carboxylic acids is 1. The molecular formula is C11H18NO8P. The molecule has 21 heavy (non-hydrogen) atoms. The summed E-state index contributed by atoms with van der Waals surface area (Å²) in [6, 6.07) is -1.29. The van der Waals surface area contributed by atoms with Gasteiger partial charge in [0, 0.05) is 6.42 Å². The number of carboxylic acid groups (broad SMARTS) is 1. The average molecular weight is 323 g/mol. The Labute approximate surface area is 123 Å². The molecule has 0 radical (unpaired) electrons. The van der Waals surface area contributed by atoms with Crippen molar-refractivity contribution in [2.45, 2.75) is 44.9 Å². The van der Waals surface area contributed by atoms with E-state index < -0.39 is 48.5 Å². The second-order valence-electron chi connectivity index (χ2n) is 4.19. The molecule has 1 unspecified atom stereocenters. The summed E-state index contributed by atoms with van der Waals surface area (Å²) >= 11 is 0. The molecule has 3 N–H and O–H groups in total. The van der Waals surface area contributed by atoms with Gasteiger partial charge in [-0.2, -0.15) is 0 Å². The van der Waals surface area contributed by atoms with E-state index in [2.05, 4.69) is 9.84 Å². The third-order valence-electron chi connectivity index (χ3n) is 2.37. The van der Waals surface area contributed by atoms with Gasteiger partial charge in [0.05, 0.1) is 9.47 Å². The first-order valence-electron chi connectivity index (χ1n) is 6.00. The van der Waals surface area contributed by atoms with Crippen molar-refractivity contribution < 1.29 is 38.7 Å². The molecule has 0 aliphatic carbocycles. The van der Waals surface area contributed by atoms with Crippen molar-refractivity contribution >= 4 is 33.3 Å². The minimum absolute atomic E-state index is 0.241. The SMILES string of the molecule is C[C@H](O)C(=O)N[C@@H](CCC(=O)O)C(=O)O[C@@H](C)C(=O)OP. The van der Waals surface area contributed by atoms with E-state index in [0.29, 0.717) is 0 Å². The van der Waals surface area contributed by atoms with Gasteiger partial charge in [0.25, 0.3) is 0 Å². The maximum atomic E-state index is 11.8. The Morgan fingerprint density at radius 1 is 1.19 bits per heavy atom. The van der Waals surface area contributed by atoms with Gasteiger partial charge in [0.1, 0.15) is 12.1 Å². The highest BCUT2D eigenvalue weighted by atomic mass is 31.0. The number of amides is 1. The van der Waals surface area contributed by atoms with E-state index in [1.807, 2.05) is 0 Å². The summed E-state index contributed by atoms with van der Waals surface area (Å²) in [6.07, 6.45) is -3.23. The molecule has 0 aliphatic heterocycles. The minimum Gasteiger partial charge on any atom is -0.481 e. The van der Waals surface area contributed by atoms with Crippen LogP contribution in [0.3, 0.4) is 0 Å². The summed E-state index contributed by atoms with van der Waals surface area (Å²) in [7, 11) is 1.70. The Morgan fingerprint density at radius 3 is 2.19 bits per heavy atom. The van der Waals surface area contributed by atoms with Gasteiger partial charge >= 0.3 is 17.9 Å². The fourth-order valence-corrected chi connectivity index (χ4v) is 1.40. The number of rotatable bonds is 8. The van der Waals surface area contributed by atoms with Gasteiger partial charge in [-0.1, -0.05) is 0 Å². The van der Waals surface area contributed by atoms with E-state index in [4.69, 9.17) is 14.9 Å². The highest BCUT2D eigenvalue weighted by molar-refractivity contribution is 7.10. The molecule has 0 aliphatic rings. The van der Waals surface area contributed by atoms with Gasteiger partial charge in [0.2, 0.25) is 5.91 Å². The molecule has 4 atom stereocenters. The Balaban J connectivity index is 4.76. The van der Waals surface area contributed by atoms with Crippen LogP contribution in [0.1, 0.15) is 26.7 Å². The number of aliphatic hydroxyl groups excluding tert-OH is 1. The van der Waals surface area contributed by atoms with E-state index in [1.54, 1.807) is 9.47 Å². The van der Waals surface area contributed by atoms with Crippen molar-refractivity contribution in [2.75, 3.05) is 0 Å². The van der Waals surface area contributed by atoms with Gasteiger partial charge in [-0.3, -0.25) is 9.59 Å². The third kappa shape index (κ3) is 7.57. The highest BCUT2D eigenvalue weighted by Crippen LogP contribution is 2.06. The molecule has 0 saturated carbocycles. The lowest BCUT2D eigenvalue weighted by Crippen LogP contribution is -2.46. The van der Waals surface area contributed by atoms with Crippen LogP contribution in [-0.2, 0) is 28.4 Å². The van der Waals surface area contributed by atoms with E-state index in [9.17, 15) is 19.2 Å². The molecule has 120 valence electrons. The number of ether oxygens (including phenoxy) is 1. The standard InChI is InChI=1S/C11H18NO8P/c1-5(13)9(16)12-7(3-4-8(14)15)11(18)19-6(2)10(17)20-21/h5-7,13H,3-4,21H2,1-2H3,(H,12,16)(H,14,15)/t5-,6-,7-/m0/s1. The molecule has 0 spiro atoms. The van der Waals surface area contributed by atoms with Crippen LogP contribution in [0.5, 0.6) is 0 Å². The molecule has 1 amide bonds. The molecule has 9 nitrogen and oxygen atoms in total. The predicted molar refractivity (Wildman–Crippen MR) is 71.8 cm³/mol.